The topological polar surface area (TPSA) is 42.7 Å². The fraction of sp³-hybridized carbons (Fsp3) is 0.333. The summed E-state index contributed by atoms with van der Waals surface area (Å²) in [5.41, 5.74) is 1.12. The van der Waals surface area contributed by atoms with Crippen LogP contribution in [0.5, 0.6) is 0 Å². The number of nitrogens with one attached hydrogen (secondary N) is 1. The highest BCUT2D eigenvalue weighted by Gasteiger charge is 2.07. The van der Waals surface area contributed by atoms with Gasteiger partial charge >= 0.3 is 0 Å². The second kappa shape index (κ2) is 5.05. The molecule has 1 atom stereocenters. The van der Waals surface area contributed by atoms with Gasteiger partial charge in [0.15, 0.2) is 11.6 Å². The Hall–Kier alpha value is -1.75. The van der Waals surface area contributed by atoms with E-state index in [2.05, 4.69) is 22.3 Å². The van der Waals surface area contributed by atoms with Gasteiger partial charge in [-0.2, -0.15) is 5.10 Å². The van der Waals surface area contributed by atoms with Crippen molar-refractivity contribution in [2.45, 2.75) is 19.4 Å². The molecule has 0 saturated heterocycles. The molecule has 2 aromatic rings. The molecule has 0 spiro atoms. The fourth-order valence-electron chi connectivity index (χ4n) is 1.77. The molecule has 0 bridgehead atoms. The molecule has 0 aliphatic heterocycles. The molecule has 0 amide bonds. The molecule has 2 rings (SSSR count). The minimum atomic E-state index is -0.363. The van der Waals surface area contributed by atoms with Crippen LogP contribution in [-0.4, -0.2) is 21.8 Å². The van der Waals surface area contributed by atoms with E-state index < -0.39 is 0 Å². The summed E-state index contributed by atoms with van der Waals surface area (Å²) in [6.45, 7) is 2.11. The highest BCUT2D eigenvalue weighted by molar-refractivity contribution is 5.26. The highest BCUT2D eigenvalue weighted by Crippen LogP contribution is 2.16. The van der Waals surface area contributed by atoms with Gasteiger partial charge < -0.3 is 5.32 Å². The third-order valence-electron chi connectivity index (χ3n) is 2.72. The number of pyridine rings is 1. The first-order chi connectivity index (χ1) is 8.24. The van der Waals surface area contributed by atoms with E-state index in [-0.39, 0.29) is 5.82 Å². The minimum Gasteiger partial charge on any atom is -0.313 e. The van der Waals surface area contributed by atoms with Crippen molar-refractivity contribution < 1.29 is 4.39 Å². The lowest BCUT2D eigenvalue weighted by Gasteiger charge is -2.13. The van der Waals surface area contributed by atoms with Crippen LogP contribution in [0.15, 0.2) is 30.7 Å². The van der Waals surface area contributed by atoms with Crippen LogP contribution in [0.2, 0.25) is 0 Å². The van der Waals surface area contributed by atoms with E-state index in [1.54, 1.807) is 6.20 Å². The highest BCUT2D eigenvalue weighted by atomic mass is 19.1. The van der Waals surface area contributed by atoms with Gasteiger partial charge in [-0.25, -0.2) is 14.1 Å². The van der Waals surface area contributed by atoms with Crippen molar-refractivity contribution in [2.24, 2.45) is 0 Å². The molecule has 1 N–H and O–H groups in total. The van der Waals surface area contributed by atoms with Gasteiger partial charge in [0.1, 0.15) is 0 Å². The molecule has 5 heteroatoms. The summed E-state index contributed by atoms with van der Waals surface area (Å²) in [6, 6.07) is 4.11. The maximum atomic E-state index is 12.8. The Morgan fingerprint density at radius 3 is 2.71 bits per heavy atom. The number of halogens is 1. The van der Waals surface area contributed by atoms with Crippen molar-refractivity contribution in [3.63, 3.8) is 0 Å². The number of hydrogen-bond acceptors (Lipinski definition) is 3. The Kier molecular flexibility index (Phi) is 3.49. The normalized spacial score (nSPS) is 12.6. The molecule has 4 nitrogen and oxygen atoms in total. The number of hydrogen-bond donors (Lipinski definition) is 1. The molecule has 1 unspecified atom stereocenters. The third-order valence-corrected chi connectivity index (χ3v) is 2.72. The van der Waals surface area contributed by atoms with Crippen molar-refractivity contribution in [2.75, 3.05) is 7.05 Å². The first-order valence-corrected chi connectivity index (χ1v) is 5.58. The summed E-state index contributed by atoms with van der Waals surface area (Å²) in [4.78, 5) is 4.27. The summed E-state index contributed by atoms with van der Waals surface area (Å²) >= 11 is 0. The van der Waals surface area contributed by atoms with Crippen molar-refractivity contribution in [3.8, 4) is 5.82 Å². The van der Waals surface area contributed by atoms with Crippen LogP contribution in [0.3, 0.4) is 0 Å². The van der Waals surface area contributed by atoms with E-state index in [4.69, 9.17) is 0 Å². The Morgan fingerprint density at radius 1 is 1.41 bits per heavy atom. The molecule has 2 heterocycles. The summed E-state index contributed by atoms with van der Waals surface area (Å²) in [5, 5.41) is 7.07. The lowest BCUT2D eigenvalue weighted by Crippen LogP contribution is -2.15. The number of rotatable bonds is 4. The second-order valence-electron chi connectivity index (χ2n) is 3.80. The molecule has 0 aromatic carbocycles. The quantitative estimate of drug-likeness (QED) is 0.880. The van der Waals surface area contributed by atoms with Crippen LogP contribution in [0.4, 0.5) is 4.39 Å². The number of aromatic nitrogens is 3. The molecular formula is C12H15FN4. The second-order valence-corrected chi connectivity index (χ2v) is 3.80. The van der Waals surface area contributed by atoms with Gasteiger partial charge in [0.2, 0.25) is 0 Å². The van der Waals surface area contributed by atoms with E-state index in [1.807, 2.05) is 19.2 Å². The predicted octanol–water partition coefficient (Wildman–Crippen LogP) is 2.08. The monoisotopic (exact) mass is 234 g/mol. The largest absolute Gasteiger partial charge is 0.313 e. The maximum Gasteiger partial charge on any atom is 0.161 e. The van der Waals surface area contributed by atoms with Crippen molar-refractivity contribution in [3.05, 3.63) is 42.1 Å². The lowest BCUT2D eigenvalue weighted by atomic mass is 10.1. The Labute approximate surface area is 99.5 Å². The molecule has 2 aromatic heterocycles. The van der Waals surface area contributed by atoms with E-state index in [0.717, 1.165) is 18.2 Å². The maximum absolute atomic E-state index is 12.8. The van der Waals surface area contributed by atoms with Gasteiger partial charge in [0.25, 0.3) is 0 Å². The number of nitrogens with zero attached hydrogens (tertiary/aromatic N) is 3. The van der Waals surface area contributed by atoms with Crippen LogP contribution in [-0.2, 0) is 0 Å². The van der Waals surface area contributed by atoms with E-state index in [0.29, 0.717) is 11.9 Å². The first kappa shape index (κ1) is 11.7. The predicted molar refractivity (Wildman–Crippen MR) is 63.4 cm³/mol. The molecule has 0 saturated carbocycles. The van der Waals surface area contributed by atoms with Gasteiger partial charge in [-0.3, -0.25) is 0 Å². The van der Waals surface area contributed by atoms with E-state index >= 15 is 0 Å². The van der Waals surface area contributed by atoms with Crippen LogP contribution < -0.4 is 5.32 Å². The Bertz CT molecular complexity index is 474. The molecular weight excluding hydrogens is 219 g/mol. The van der Waals surface area contributed by atoms with E-state index in [9.17, 15) is 4.39 Å². The average molecular weight is 234 g/mol. The van der Waals surface area contributed by atoms with Gasteiger partial charge in [-0.15, -0.1) is 0 Å². The van der Waals surface area contributed by atoms with Crippen molar-refractivity contribution >= 4 is 0 Å². The smallest absolute Gasteiger partial charge is 0.161 e. The van der Waals surface area contributed by atoms with Crippen LogP contribution in [0.1, 0.15) is 24.9 Å². The summed E-state index contributed by atoms with van der Waals surface area (Å²) < 4.78 is 14.2. The van der Waals surface area contributed by atoms with Crippen LogP contribution in [0, 0.1) is 5.82 Å². The zero-order valence-corrected chi connectivity index (χ0v) is 9.89. The van der Waals surface area contributed by atoms with E-state index in [1.165, 1.54) is 10.9 Å². The zero-order chi connectivity index (χ0) is 12.3. The summed E-state index contributed by atoms with van der Waals surface area (Å²) in [6.07, 6.45) is 5.25. The van der Waals surface area contributed by atoms with Gasteiger partial charge in [0, 0.05) is 12.2 Å². The Morgan fingerprint density at radius 2 is 2.24 bits per heavy atom. The molecule has 90 valence electrons. The standard InChI is InChI=1S/C12H15FN4/c1-3-11(14-2)9-4-5-12(15-6-9)17-8-10(13)7-16-17/h4-8,11,14H,3H2,1-2H3. The SMILES string of the molecule is CCC(NC)c1ccc(-n2cc(F)cn2)nc1. The zero-order valence-electron chi connectivity index (χ0n) is 9.89. The fourth-order valence-corrected chi connectivity index (χ4v) is 1.77. The van der Waals surface area contributed by atoms with Gasteiger partial charge in [0.05, 0.1) is 12.4 Å². The Balaban J connectivity index is 2.23. The van der Waals surface area contributed by atoms with Gasteiger partial charge in [-0.05, 0) is 25.1 Å². The average Bonchev–Trinajstić information content (AvgIpc) is 2.78. The molecule has 0 radical (unpaired) electrons. The minimum absolute atomic E-state index is 0.297. The van der Waals surface area contributed by atoms with Crippen LogP contribution in [0.25, 0.3) is 5.82 Å². The van der Waals surface area contributed by atoms with Crippen LogP contribution >= 0.6 is 0 Å². The third kappa shape index (κ3) is 2.50. The lowest BCUT2D eigenvalue weighted by molar-refractivity contribution is 0.574. The van der Waals surface area contributed by atoms with Crippen molar-refractivity contribution in [1.29, 1.82) is 0 Å². The summed E-state index contributed by atoms with van der Waals surface area (Å²) in [7, 11) is 1.92. The molecule has 0 aliphatic carbocycles. The first-order valence-electron chi connectivity index (χ1n) is 5.58. The molecule has 17 heavy (non-hydrogen) atoms. The summed E-state index contributed by atoms with van der Waals surface area (Å²) in [5.74, 6) is 0.251. The molecule has 0 aliphatic rings. The van der Waals surface area contributed by atoms with Crippen molar-refractivity contribution in [1.82, 2.24) is 20.1 Å². The van der Waals surface area contributed by atoms with Gasteiger partial charge in [-0.1, -0.05) is 13.0 Å². The molecule has 0 fully saturated rings.